The molecule has 0 radical (unpaired) electrons. The zero-order valence-electron chi connectivity index (χ0n) is 13.9. The van der Waals surface area contributed by atoms with E-state index in [1.165, 1.54) is 12.8 Å². The van der Waals surface area contributed by atoms with E-state index < -0.39 is 0 Å². The highest BCUT2D eigenvalue weighted by Gasteiger charge is 2.34. The monoisotopic (exact) mass is 326 g/mol. The Hall–Kier alpha value is -2.37. The molecular weight excluding hydrogens is 304 g/mol. The van der Waals surface area contributed by atoms with Gasteiger partial charge in [-0.3, -0.25) is 4.79 Å². The van der Waals surface area contributed by atoms with Gasteiger partial charge in [0.2, 0.25) is 5.91 Å². The third kappa shape index (κ3) is 3.00. The van der Waals surface area contributed by atoms with Crippen molar-refractivity contribution in [1.82, 2.24) is 19.7 Å². The highest BCUT2D eigenvalue weighted by molar-refractivity contribution is 5.76. The Balaban J connectivity index is 1.36. The van der Waals surface area contributed by atoms with Crippen LogP contribution in [0.15, 0.2) is 30.3 Å². The highest BCUT2D eigenvalue weighted by Crippen LogP contribution is 2.39. The van der Waals surface area contributed by atoms with Crippen molar-refractivity contribution in [3.05, 3.63) is 42.0 Å². The van der Waals surface area contributed by atoms with Crippen LogP contribution >= 0.6 is 0 Å². The average Bonchev–Trinajstić information content (AvgIpc) is 3.35. The van der Waals surface area contributed by atoms with Crippen LogP contribution in [0.1, 0.15) is 49.8 Å². The number of aromatic nitrogens is 3. The van der Waals surface area contributed by atoms with Crippen LogP contribution in [0.2, 0.25) is 0 Å². The summed E-state index contributed by atoms with van der Waals surface area (Å²) in [5.74, 6) is 3.32. The second-order valence-electron chi connectivity index (χ2n) is 6.50. The van der Waals surface area contributed by atoms with Gasteiger partial charge < -0.3 is 9.64 Å². The van der Waals surface area contributed by atoms with Crippen LogP contribution in [-0.4, -0.2) is 38.7 Å². The van der Waals surface area contributed by atoms with E-state index in [9.17, 15) is 4.79 Å². The first-order valence-corrected chi connectivity index (χ1v) is 8.64. The summed E-state index contributed by atoms with van der Waals surface area (Å²) >= 11 is 0. The molecule has 126 valence electrons. The van der Waals surface area contributed by atoms with E-state index in [-0.39, 0.29) is 11.9 Å². The van der Waals surface area contributed by atoms with E-state index in [0.717, 1.165) is 23.9 Å². The lowest BCUT2D eigenvalue weighted by atomic mass is 10.2. The van der Waals surface area contributed by atoms with Crippen molar-refractivity contribution in [3.63, 3.8) is 0 Å². The van der Waals surface area contributed by atoms with Crippen LogP contribution in [0.5, 0.6) is 5.75 Å². The van der Waals surface area contributed by atoms with Crippen molar-refractivity contribution in [2.24, 2.45) is 0 Å². The summed E-state index contributed by atoms with van der Waals surface area (Å²) < 4.78 is 7.61. The molecule has 1 aliphatic carbocycles. The summed E-state index contributed by atoms with van der Waals surface area (Å²) in [6.07, 6.45) is 2.76. The molecule has 1 aliphatic heterocycles. The normalized spacial score (nSPS) is 19.9. The Bertz CT molecular complexity index is 724. The van der Waals surface area contributed by atoms with Gasteiger partial charge in [-0.05, 0) is 31.9 Å². The number of para-hydroxylation sites is 1. The highest BCUT2D eigenvalue weighted by atomic mass is 16.5. The van der Waals surface area contributed by atoms with E-state index in [4.69, 9.17) is 4.74 Å². The summed E-state index contributed by atoms with van der Waals surface area (Å²) in [6.45, 7) is 3.84. The summed E-state index contributed by atoms with van der Waals surface area (Å²) in [7, 11) is 0. The molecule has 0 spiro atoms. The summed E-state index contributed by atoms with van der Waals surface area (Å²) in [5.41, 5.74) is 0. The van der Waals surface area contributed by atoms with Crippen LogP contribution in [0.3, 0.4) is 0 Å². The maximum atomic E-state index is 12.6. The summed E-state index contributed by atoms with van der Waals surface area (Å²) in [6, 6.07) is 9.57. The van der Waals surface area contributed by atoms with Gasteiger partial charge in [0, 0.05) is 12.5 Å². The largest absolute Gasteiger partial charge is 0.493 e. The van der Waals surface area contributed by atoms with Crippen molar-refractivity contribution in [2.45, 2.75) is 44.7 Å². The van der Waals surface area contributed by atoms with Crippen LogP contribution in [0, 0.1) is 0 Å². The van der Waals surface area contributed by atoms with Crippen molar-refractivity contribution in [1.29, 1.82) is 0 Å². The Morgan fingerprint density at radius 1 is 1.25 bits per heavy atom. The predicted octanol–water partition coefficient (Wildman–Crippen LogP) is 2.53. The molecule has 0 unspecified atom stereocenters. The molecule has 1 fully saturated rings. The lowest BCUT2D eigenvalue weighted by Crippen LogP contribution is -2.41. The number of carbonyl (C=O) groups excluding carboxylic acids is 1. The second-order valence-corrected chi connectivity index (χ2v) is 6.50. The molecule has 1 amide bonds. The molecule has 0 bridgehead atoms. The van der Waals surface area contributed by atoms with Gasteiger partial charge in [0.25, 0.3) is 0 Å². The van der Waals surface area contributed by atoms with Gasteiger partial charge in [-0.25, -0.2) is 9.67 Å². The molecule has 0 N–H and O–H groups in total. The lowest BCUT2D eigenvalue weighted by molar-refractivity contribution is -0.135. The smallest absolute Gasteiger partial charge is 0.226 e. The molecule has 1 aromatic carbocycles. The van der Waals surface area contributed by atoms with E-state index >= 15 is 0 Å². The predicted molar refractivity (Wildman–Crippen MR) is 88.7 cm³/mol. The second kappa shape index (κ2) is 6.26. The fraction of sp³-hybridized carbons (Fsp3) is 0.500. The van der Waals surface area contributed by atoms with Crippen LogP contribution in [0.4, 0.5) is 0 Å². The van der Waals surface area contributed by atoms with E-state index in [1.807, 2.05) is 46.8 Å². The van der Waals surface area contributed by atoms with Crippen molar-refractivity contribution in [3.8, 4) is 5.75 Å². The molecule has 6 heteroatoms. The van der Waals surface area contributed by atoms with Gasteiger partial charge in [-0.15, -0.1) is 0 Å². The number of hydrogen-bond donors (Lipinski definition) is 0. The molecule has 1 aromatic heterocycles. The topological polar surface area (TPSA) is 60.2 Å². The number of benzene rings is 1. The molecule has 1 saturated carbocycles. The van der Waals surface area contributed by atoms with Crippen LogP contribution in [0.25, 0.3) is 0 Å². The van der Waals surface area contributed by atoms with Crippen molar-refractivity contribution < 1.29 is 9.53 Å². The maximum Gasteiger partial charge on any atom is 0.226 e. The van der Waals surface area contributed by atoms with E-state index in [1.54, 1.807) is 0 Å². The van der Waals surface area contributed by atoms with Crippen molar-refractivity contribution in [2.75, 3.05) is 13.2 Å². The molecular formula is C18H22N4O2. The molecule has 24 heavy (non-hydrogen) atoms. The zero-order valence-corrected chi connectivity index (χ0v) is 13.9. The molecule has 0 saturated heterocycles. The van der Waals surface area contributed by atoms with E-state index in [0.29, 0.717) is 25.5 Å². The molecule has 6 nitrogen and oxygen atoms in total. The standard InChI is InChI=1S/C18H22N4O2/c1-13-18-19-17(14-7-8-14)20-22(18)11-10-21(13)16(23)9-12-24-15-5-3-2-4-6-15/h2-6,13-14H,7-12H2,1H3/t13-/m1/s1. The molecule has 2 aliphatic rings. The molecule has 4 rings (SSSR count). The average molecular weight is 326 g/mol. The molecule has 2 aromatic rings. The fourth-order valence-corrected chi connectivity index (χ4v) is 3.15. The number of nitrogens with zero attached hydrogens (tertiary/aromatic N) is 4. The number of carbonyl (C=O) groups is 1. The van der Waals surface area contributed by atoms with Gasteiger partial charge in [-0.1, -0.05) is 18.2 Å². The fourth-order valence-electron chi connectivity index (χ4n) is 3.15. The first-order valence-electron chi connectivity index (χ1n) is 8.64. The maximum absolute atomic E-state index is 12.6. The van der Waals surface area contributed by atoms with E-state index in [2.05, 4.69) is 10.1 Å². The Labute approximate surface area is 141 Å². The number of ether oxygens (including phenoxy) is 1. The number of rotatable bonds is 5. The van der Waals surface area contributed by atoms with Gasteiger partial charge >= 0.3 is 0 Å². The van der Waals surface area contributed by atoms with Gasteiger partial charge in [-0.2, -0.15) is 5.10 Å². The quantitative estimate of drug-likeness (QED) is 0.847. The minimum absolute atomic E-state index is 0.0250. The Morgan fingerprint density at radius 3 is 2.79 bits per heavy atom. The number of hydrogen-bond acceptors (Lipinski definition) is 4. The molecule has 2 heterocycles. The third-order valence-corrected chi connectivity index (χ3v) is 4.70. The third-order valence-electron chi connectivity index (χ3n) is 4.70. The van der Waals surface area contributed by atoms with Gasteiger partial charge in [0.1, 0.15) is 11.6 Å². The van der Waals surface area contributed by atoms with Crippen LogP contribution < -0.4 is 4.74 Å². The first kappa shape index (κ1) is 15.2. The lowest BCUT2D eigenvalue weighted by Gasteiger charge is -2.33. The summed E-state index contributed by atoms with van der Waals surface area (Å²) in [4.78, 5) is 19.1. The Morgan fingerprint density at radius 2 is 2.04 bits per heavy atom. The summed E-state index contributed by atoms with van der Waals surface area (Å²) in [5, 5.41) is 4.60. The number of fused-ring (bicyclic) bond motifs is 1. The molecule has 1 atom stereocenters. The first-order chi connectivity index (χ1) is 11.7. The zero-order chi connectivity index (χ0) is 16.5. The minimum Gasteiger partial charge on any atom is -0.493 e. The van der Waals surface area contributed by atoms with Crippen molar-refractivity contribution >= 4 is 5.91 Å². The van der Waals surface area contributed by atoms with Gasteiger partial charge in [0.05, 0.1) is 25.6 Å². The van der Waals surface area contributed by atoms with Gasteiger partial charge in [0.15, 0.2) is 5.82 Å². The minimum atomic E-state index is -0.0250. The number of amides is 1. The SMILES string of the molecule is C[C@@H]1c2nc(C3CC3)nn2CCN1C(=O)CCOc1ccccc1. The Kier molecular flexibility index (Phi) is 3.96. The van der Waals surface area contributed by atoms with Crippen LogP contribution in [-0.2, 0) is 11.3 Å².